The zero-order valence-electron chi connectivity index (χ0n) is 17.3. The van der Waals surface area contributed by atoms with Crippen LogP contribution in [0.5, 0.6) is 0 Å². The number of rotatable bonds is 4. The number of para-hydroxylation sites is 1. The molecule has 1 saturated heterocycles. The summed E-state index contributed by atoms with van der Waals surface area (Å²) >= 11 is 6.43. The molecular weight excluding hydrogens is 460 g/mol. The highest BCUT2D eigenvalue weighted by Crippen LogP contribution is 2.31. The summed E-state index contributed by atoms with van der Waals surface area (Å²) in [6.45, 7) is 0.708. The zero-order chi connectivity index (χ0) is 23.0. The molecule has 0 bridgehead atoms. The summed E-state index contributed by atoms with van der Waals surface area (Å²) in [6.07, 6.45) is 0. The van der Waals surface area contributed by atoms with Gasteiger partial charge >= 0.3 is 10.2 Å². The van der Waals surface area contributed by atoms with Crippen LogP contribution in [0.25, 0.3) is 22.2 Å². The van der Waals surface area contributed by atoms with Crippen molar-refractivity contribution in [2.45, 2.75) is 0 Å². The number of pyridine rings is 1. The maximum absolute atomic E-state index is 12.8. The second-order valence-electron chi connectivity index (χ2n) is 7.56. The molecule has 9 heteroatoms. The minimum Gasteiger partial charge on any atom is -0.322 e. The van der Waals surface area contributed by atoms with Crippen molar-refractivity contribution in [3.05, 3.63) is 89.4 Å². The predicted octanol–water partition coefficient (Wildman–Crippen LogP) is 4.46. The summed E-state index contributed by atoms with van der Waals surface area (Å²) in [7, 11) is -3.51. The van der Waals surface area contributed by atoms with Gasteiger partial charge in [-0.3, -0.25) is 9.10 Å². The van der Waals surface area contributed by atoms with Crippen molar-refractivity contribution in [3.8, 4) is 11.3 Å². The number of hydrogen-bond acceptors (Lipinski definition) is 4. The monoisotopic (exact) mass is 478 g/mol. The van der Waals surface area contributed by atoms with Crippen molar-refractivity contribution in [1.82, 2.24) is 9.71 Å². The molecule has 4 aromatic rings. The number of benzene rings is 3. The van der Waals surface area contributed by atoms with Crippen LogP contribution >= 0.6 is 11.6 Å². The maximum atomic E-state index is 12.8. The Hall–Kier alpha value is -3.46. The van der Waals surface area contributed by atoms with E-state index in [9.17, 15) is 13.2 Å². The van der Waals surface area contributed by atoms with Gasteiger partial charge < -0.3 is 5.32 Å². The number of halogens is 1. The average molecular weight is 479 g/mol. The van der Waals surface area contributed by atoms with Gasteiger partial charge in [-0.05, 0) is 54.6 Å². The minimum atomic E-state index is -3.51. The first-order valence-electron chi connectivity index (χ1n) is 10.3. The summed E-state index contributed by atoms with van der Waals surface area (Å²) in [6, 6.07) is 23.4. The number of nitrogens with zero attached hydrogens (tertiary/aromatic N) is 2. The zero-order valence-corrected chi connectivity index (χ0v) is 18.9. The molecule has 33 heavy (non-hydrogen) atoms. The molecule has 5 rings (SSSR count). The Bertz CT molecular complexity index is 1470. The first-order valence-corrected chi connectivity index (χ1v) is 12.1. The van der Waals surface area contributed by atoms with Crippen LogP contribution in [-0.2, 0) is 10.2 Å². The number of hydrogen-bond donors (Lipinski definition) is 2. The molecule has 1 aliphatic heterocycles. The molecule has 0 aliphatic carbocycles. The van der Waals surface area contributed by atoms with Gasteiger partial charge in [0.25, 0.3) is 5.91 Å². The Morgan fingerprint density at radius 3 is 2.55 bits per heavy atom. The molecule has 2 heterocycles. The smallest absolute Gasteiger partial charge is 0.301 e. The third-order valence-electron chi connectivity index (χ3n) is 5.41. The molecule has 0 atom stereocenters. The summed E-state index contributed by atoms with van der Waals surface area (Å²) < 4.78 is 27.7. The van der Waals surface area contributed by atoms with Gasteiger partial charge in [-0.1, -0.05) is 35.9 Å². The molecule has 1 amide bonds. The summed E-state index contributed by atoms with van der Waals surface area (Å²) in [5.41, 5.74) is 3.76. The molecule has 0 unspecified atom stereocenters. The van der Waals surface area contributed by atoms with E-state index in [1.807, 2.05) is 36.4 Å². The highest BCUT2D eigenvalue weighted by atomic mass is 35.5. The van der Waals surface area contributed by atoms with E-state index < -0.39 is 10.2 Å². The SMILES string of the molecule is O=C(Nc1ccc(Cl)c(-c2ccc3ccccc3n2)c1)c1ccc(N2CCNS2(=O)=O)cc1. The number of carbonyl (C=O) groups excluding carboxylic acids is 1. The van der Waals surface area contributed by atoms with Crippen LogP contribution in [0.4, 0.5) is 11.4 Å². The summed E-state index contributed by atoms with van der Waals surface area (Å²) in [5, 5.41) is 4.43. The topological polar surface area (TPSA) is 91.4 Å². The molecule has 1 fully saturated rings. The first-order chi connectivity index (χ1) is 15.9. The average Bonchev–Trinajstić information content (AvgIpc) is 3.19. The Balaban J connectivity index is 1.37. The van der Waals surface area contributed by atoms with Crippen LogP contribution in [0.3, 0.4) is 0 Å². The number of fused-ring (bicyclic) bond motifs is 1. The molecule has 1 aliphatic rings. The highest BCUT2D eigenvalue weighted by molar-refractivity contribution is 7.91. The Morgan fingerprint density at radius 1 is 1.00 bits per heavy atom. The normalized spacial score (nSPS) is 15.0. The molecule has 2 N–H and O–H groups in total. The molecule has 3 aromatic carbocycles. The highest BCUT2D eigenvalue weighted by Gasteiger charge is 2.27. The molecule has 7 nitrogen and oxygen atoms in total. The van der Waals surface area contributed by atoms with Crippen LogP contribution in [0.2, 0.25) is 5.02 Å². The minimum absolute atomic E-state index is 0.316. The molecule has 166 valence electrons. The standard InChI is InChI=1S/C24H19ClN4O3S/c25-21-11-8-18(15-20(21)23-12-7-16-3-1-2-4-22(16)28-23)27-24(30)17-5-9-19(10-6-17)29-14-13-26-33(29,31)32/h1-12,15,26H,13-14H2,(H,27,30). The Labute approximate surface area is 196 Å². The summed E-state index contributed by atoms with van der Waals surface area (Å²) in [5.74, 6) is -0.316. The van der Waals surface area contributed by atoms with Gasteiger partial charge in [0.05, 0.1) is 21.9 Å². The van der Waals surface area contributed by atoms with Crippen molar-refractivity contribution in [2.24, 2.45) is 0 Å². The van der Waals surface area contributed by atoms with Crippen molar-refractivity contribution >= 4 is 50.0 Å². The number of carbonyl (C=O) groups is 1. The third-order valence-corrected chi connectivity index (χ3v) is 7.28. The van der Waals surface area contributed by atoms with Crippen LogP contribution in [0, 0.1) is 0 Å². The van der Waals surface area contributed by atoms with Crippen molar-refractivity contribution in [3.63, 3.8) is 0 Å². The maximum Gasteiger partial charge on any atom is 0.301 e. The first kappa shape index (κ1) is 21.4. The van der Waals surface area contributed by atoms with Gasteiger partial charge in [-0.15, -0.1) is 0 Å². The third kappa shape index (κ3) is 4.28. The van der Waals surface area contributed by atoms with E-state index >= 15 is 0 Å². The van der Waals surface area contributed by atoms with Gasteiger partial charge in [0, 0.05) is 35.3 Å². The quantitative estimate of drug-likeness (QED) is 0.453. The fourth-order valence-corrected chi connectivity index (χ4v) is 5.19. The van der Waals surface area contributed by atoms with Gasteiger partial charge in [0.2, 0.25) is 0 Å². The lowest BCUT2D eigenvalue weighted by Crippen LogP contribution is -2.29. The number of nitrogens with one attached hydrogen (secondary N) is 2. The van der Waals surface area contributed by atoms with Crippen LogP contribution in [0.15, 0.2) is 78.9 Å². The van der Waals surface area contributed by atoms with E-state index in [1.54, 1.807) is 42.5 Å². The predicted molar refractivity (Wildman–Crippen MR) is 131 cm³/mol. The van der Waals surface area contributed by atoms with E-state index in [1.165, 1.54) is 4.31 Å². The lowest BCUT2D eigenvalue weighted by Gasteiger charge is -2.16. The molecule has 0 saturated carbocycles. The molecule has 0 radical (unpaired) electrons. The summed E-state index contributed by atoms with van der Waals surface area (Å²) in [4.78, 5) is 17.5. The van der Waals surface area contributed by atoms with Gasteiger partial charge in [-0.2, -0.15) is 13.1 Å². The lowest BCUT2D eigenvalue weighted by atomic mass is 10.1. The van der Waals surface area contributed by atoms with E-state index in [4.69, 9.17) is 11.6 Å². The van der Waals surface area contributed by atoms with Gasteiger partial charge in [0.1, 0.15) is 0 Å². The van der Waals surface area contributed by atoms with Gasteiger partial charge in [-0.25, -0.2) is 4.98 Å². The number of anilines is 2. The molecular formula is C24H19ClN4O3S. The van der Waals surface area contributed by atoms with E-state index in [2.05, 4.69) is 15.0 Å². The van der Waals surface area contributed by atoms with Crippen molar-refractivity contribution in [2.75, 3.05) is 22.7 Å². The second kappa shape index (κ2) is 8.47. The van der Waals surface area contributed by atoms with E-state index in [-0.39, 0.29) is 5.91 Å². The van der Waals surface area contributed by atoms with Crippen LogP contribution in [0.1, 0.15) is 10.4 Å². The van der Waals surface area contributed by atoms with Crippen molar-refractivity contribution < 1.29 is 13.2 Å². The fraction of sp³-hybridized carbons (Fsp3) is 0.0833. The largest absolute Gasteiger partial charge is 0.322 e. The fourth-order valence-electron chi connectivity index (χ4n) is 3.74. The lowest BCUT2D eigenvalue weighted by molar-refractivity contribution is 0.102. The number of amides is 1. The van der Waals surface area contributed by atoms with Gasteiger partial charge in [0.15, 0.2) is 0 Å². The number of aromatic nitrogens is 1. The van der Waals surface area contributed by atoms with Crippen LogP contribution < -0.4 is 14.3 Å². The molecule has 1 aromatic heterocycles. The van der Waals surface area contributed by atoms with E-state index in [0.717, 1.165) is 10.9 Å². The Kier molecular flexibility index (Phi) is 5.49. The van der Waals surface area contributed by atoms with Crippen LogP contribution in [-0.4, -0.2) is 32.4 Å². The van der Waals surface area contributed by atoms with Crippen molar-refractivity contribution in [1.29, 1.82) is 0 Å². The van der Waals surface area contributed by atoms with E-state index in [0.29, 0.717) is 46.3 Å². The molecule has 0 spiro atoms. The Morgan fingerprint density at radius 2 is 1.79 bits per heavy atom. The second-order valence-corrected chi connectivity index (χ2v) is 9.64.